The zero-order chi connectivity index (χ0) is 13.2. The molecule has 6 nitrogen and oxygen atoms in total. The van der Waals surface area contributed by atoms with Gasteiger partial charge in [-0.25, -0.2) is 4.79 Å². The minimum atomic E-state index is -1.38. The van der Waals surface area contributed by atoms with Crippen LogP contribution >= 0.6 is 0 Å². The van der Waals surface area contributed by atoms with Gasteiger partial charge in [-0.3, -0.25) is 9.59 Å². The number of carboxylic acids is 1. The third-order valence-electron chi connectivity index (χ3n) is 2.72. The molecule has 1 aromatic rings. The zero-order valence-electron chi connectivity index (χ0n) is 9.85. The number of carboxylic acid groups (broad SMARTS) is 1. The highest BCUT2D eigenvalue weighted by Gasteiger charge is 2.36. The Morgan fingerprint density at radius 3 is 2.47 bits per heavy atom. The molecule has 0 aromatic carbocycles. The van der Waals surface area contributed by atoms with E-state index in [4.69, 9.17) is 5.11 Å². The number of amides is 1. The molecular formula is C11H14N2O4. The minimum absolute atomic E-state index is 0.0793. The number of H-pyrrole nitrogens is 1. The average molecular weight is 238 g/mol. The fraction of sp³-hybridized carbons (Fsp3) is 0.364. The van der Waals surface area contributed by atoms with Gasteiger partial charge in [-0.1, -0.05) is 0 Å². The van der Waals surface area contributed by atoms with Crippen LogP contribution < -0.4 is 5.43 Å². The third-order valence-corrected chi connectivity index (χ3v) is 2.72. The highest BCUT2D eigenvalue weighted by atomic mass is 16.4. The Labute approximate surface area is 97.9 Å². The second kappa shape index (κ2) is 4.40. The van der Waals surface area contributed by atoms with Crippen molar-refractivity contribution in [1.82, 2.24) is 9.88 Å². The Morgan fingerprint density at radius 1 is 1.41 bits per heavy atom. The van der Waals surface area contributed by atoms with E-state index < -0.39 is 22.8 Å². The first-order valence-electron chi connectivity index (χ1n) is 4.97. The Balaban J connectivity index is 3.12. The van der Waals surface area contributed by atoms with Crippen molar-refractivity contribution in [3.63, 3.8) is 0 Å². The summed E-state index contributed by atoms with van der Waals surface area (Å²) in [6.45, 7) is 2.79. The molecule has 1 amide bonds. The van der Waals surface area contributed by atoms with Crippen LogP contribution in [0.15, 0.2) is 23.3 Å². The van der Waals surface area contributed by atoms with Crippen LogP contribution in [0.2, 0.25) is 0 Å². The van der Waals surface area contributed by atoms with Crippen molar-refractivity contribution in [3.05, 3.63) is 34.2 Å². The lowest BCUT2D eigenvalue weighted by molar-refractivity contribution is -0.147. The topological polar surface area (TPSA) is 90.5 Å². The standard InChI is InChI=1S/C11H14N2O4/c1-11(2,10(16)17)13(3)9(15)7-6-12-5-4-8(7)14/h4-6H,1-3H3,(H,12,14)(H,16,17). The number of carbonyl (C=O) groups excluding carboxylic acids is 1. The van der Waals surface area contributed by atoms with Gasteiger partial charge >= 0.3 is 5.97 Å². The summed E-state index contributed by atoms with van der Waals surface area (Å²) in [5.41, 5.74) is -1.90. The van der Waals surface area contributed by atoms with Crippen molar-refractivity contribution < 1.29 is 14.7 Å². The van der Waals surface area contributed by atoms with Crippen molar-refractivity contribution in [2.24, 2.45) is 0 Å². The quantitative estimate of drug-likeness (QED) is 0.792. The van der Waals surface area contributed by atoms with E-state index in [1.165, 1.54) is 39.4 Å². The van der Waals surface area contributed by atoms with Crippen molar-refractivity contribution in [2.75, 3.05) is 7.05 Å². The number of pyridine rings is 1. The highest BCUT2D eigenvalue weighted by Crippen LogP contribution is 2.14. The zero-order valence-corrected chi connectivity index (χ0v) is 9.85. The Bertz CT molecular complexity index is 504. The lowest BCUT2D eigenvalue weighted by atomic mass is 10.0. The largest absolute Gasteiger partial charge is 0.480 e. The predicted molar refractivity (Wildman–Crippen MR) is 60.9 cm³/mol. The number of aromatic amines is 1. The van der Waals surface area contributed by atoms with Crippen LogP contribution in [0.4, 0.5) is 0 Å². The number of hydrogen-bond donors (Lipinski definition) is 2. The summed E-state index contributed by atoms with van der Waals surface area (Å²) in [6, 6.07) is 1.22. The molecule has 1 heterocycles. The molecule has 0 unspecified atom stereocenters. The monoisotopic (exact) mass is 238 g/mol. The Hall–Kier alpha value is -2.11. The lowest BCUT2D eigenvalue weighted by Gasteiger charge is -2.31. The van der Waals surface area contributed by atoms with Crippen LogP contribution in [0.3, 0.4) is 0 Å². The van der Waals surface area contributed by atoms with E-state index >= 15 is 0 Å². The number of hydrogen-bond acceptors (Lipinski definition) is 3. The first-order valence-corrected chi connectivity index (χ1v) is 4.97. The number of likely N-dealkylation sites (N-methyl/N-ethyl adjacent to an activating group) is 1. The van der Waals surface area contributed by atoms with Crippen LogP contribution in [-0.2, 0) is 4.79 Å². The van der Waals surface area contributed by atoms with E-state index in [1.807, 2.05) is 0 Å². The van der Waals surface area contributed by atoms with Gasteiger partial charge in [-0.15, -0.1) is 0 Å². The predicted octanol–water partition coefficient (Wildman–Crippen LogP) is 0.310. The maximum absolute atomic E-state index is 12.0. The van der Waals surface area contributed by atoms with E-state index in [-0.39, 0.29) is 5.56 Å². The number of nitrogens with zero attached hydrogens (tertiary/aromatic N) is 1. The number of carbonyl (C=O) groups is 2. The number of rotatable bonds is 3. The number of aliphatic carboxylic acids is 1. The molecule has 0 fully saturated rings. The molecule has 6 heteroatoms. The Morgan fingerprint density at radius 2 is 2.00 bits per heavy atom. The van der Waals surface area contributed by atoms with Crippen LogP contribution in [0.1, 0.15) is 24.2 Å². The van der Waals surface area contributed by atoms with Crippen LogP contribution in [0, 0.1) is 0 Å². The second-order valence-corrected chi connectivity index (χ2v) is 4.15. The molecule has 92 valence electrons. The van der Waals surface area contributed by atoms with E-state index in [0.717, 1.165) is 4.90 Å². The summed E-state index contributed by atoms with van der Waals surface area (Å²) in [4.78, 5) is 38.1. The molecule has 0 bridgehead atoms. The fourth-order valence-electron chi connectivity index (χ4n) is 1.16. The molecule has 0 spiro atoms. The van der Waals surface area contributed by atoms with Gasteiger partial charge < -0.3 is 15.0 Å². The molecule has 0 aliphatic heterocycles. The van der Waals surface area contributed by atoms with Gasteiger partial charge in [0.05, 0.1) is 0 Å². The van der Waals surface area contributed by atoms with Gasteiger partial charge in [0, 0.05) is 25.5 Å². The summed E-state index contributed by atoms with van der Waals surface area (Å²) in [5, 5.41) is 9.00. The molecule has 0 saturated carbocycles. The maximum Gasteiger partial charge on any atom is 0.329 e. The van der Waals surface area contributed by atoms with Gasteiger partial charge in [0.1, 0.15) is 11.1 Å². The molecule has 2 N–H and O–H groups in total. The summed E-state index contributed by atoms with van der Waals surface area (Å²) in [5.74, 6) is -1.76. The van der Waals surface area contributed by atoms with Crippen molar-refractivity contribution in [3.8, 4) is 0 Å². The average Bonchev–Trinajstić information content (AvgIpc) is 2.27. The molecule has 0 radical (unpaired) electrons. The normalized spacial score (nSPS) is 11.0. The van der Waals surface area contributed by atoms with E-state index in [1.54, 1.807) is 0 Å². The summed E-state index contributed by atoms with van der Waals surface area (Å²) < 4.78 is 0. The van der Waals surface area contributed by atoms with Crippen molar-refractivity contribution in [1.29, 1.82) is 0 Å². The smallest absolute Gasteiger partial charge is 0.329 e. The maximum atomic E-state index is 12.0. The van der Waals surface area contributed by atoms with Crippen molar-refractivity contribution >= 4 is 11.9 Å². The fourth-order valence-corrected chi connectivity index (χ4v) is 1.16. The second-order valence-electron chi connectivity index (χ2n) is 4.15. The number of aromatic nitrogens is 1. The van der Waals surface area contributed by atoms with Crippen LogP contribution in [-0.4, -0.2) is 39.5 Å². The first kappa shape index (κ1) is 13.0. The van der Waals surface area contributed by atoms with Gasteiger partial charge in [0.2, 0.25) is 0 Å². The molecule has 17 heavy (non-hydrogen) atoms. The molecule has 1 rings (SSSR count). The molecule has 0 atom stereocenters. The van der Waals surface area contributed by atoms with Gasteiger partial charge in [-0.2, -0.15) is 0 Å². The summed E-state index contributed by atoms with van der Waals surface area (Å²) in [7, 11) is 1.35. The molecular weight excluding hydrogens is 224 g/mol. The van der Waals surface area contributed by atoms with Crippen LogP contribution in [0.25, 0.3) is 0 Å². The lowest BCUT2D eigenvalue weighted by Crippen LogP contribution is -2.51. The SMILES string of the molecule is CN(C(=O)c1c[nH]ccc1=O)C(C)(C)C(=O)O. The molecule has 0 aliphatic carbocycles. The van der Waals surface area contributed by atoms with Crippen molar-refractivity contribution in [2.45, 2.75) is 19.4 Å². The van der Waals surface area contributed by atoms with E-state index in [0.29, 0.717) is 0 Å². The Kier molecular flexibility index (Phi) is 3.36. The van der Waals surface area contributed by atoms with Gasteiger partial charge in [0.25, 0.3) is 5.91 Å². The summed E-state index contributed by atoms with van der Waals surface area (Å²) in [6.07, 6.45) is 2.67. The van der Waals surface area contributed by atoms with Gasteiger partial charge in [0.15, 0.2) is 5.43 Å². The van der Waals surface area contributed by atoms with E-state index in [2.05, 4.69) is 4.98 Å². The molecule has 1 aromatic heterocycles. The number of nitrogens with one attached hydrogen (secondary N) is 1. The van der Waals surface area contributed by atoms with E-state index in [9.17, 15) is 14.4 Å². The minimum Gasteiger partial charge on any atom is -0.480 e. The molecule has 0 saturated heterocycles. The van der Waals surface area contributed by atoms with Gasteiger partial charge in [-0.05, 0) is 13.8 Å². The first-order chi connectivity index (χ1) is 7.78. The summed E-state index contributed by atoms with van der Waals surface area (Å²) >= 11 is 0. The highest BCUT2D eigenvalue weighted by molar-refractivity contribution is 5.97. The third kappa shape index (κ3) is 2.35. The molecule has 0 aliphatic rings. The van der Waals surface area contributed by atoms with Crippen LogP contribution in [0.5, 0.6) is 0 Å².